The first-order chi connectivity index (χ1) is 17.6. The number of carbonyl (C=O) groups excluding carboxylic acids is 1. The van der Waals surface area contributed by atoms with E-state index < -0.39 is 30.7 Å². The summed E-state index contributed by atoms with van der Waals surface area (Å²) in [6, 6.07) is 19.5. The monoisotopic (exact) mass is 494 g/mol. The highest BCUT2D eigenvalue weighted by atomic mass is 16.7. The molecule has 192 valence electrons. The fourth-order valence-electron chi connectivity index (χ4n) is 5.46. The van der Waals surface area contributed by atoms with Crippen LogP contribution in [0.15, 0.2) is 72.8 Å². The van der Waals surface area contributed by atoms with Crippen LogP contribution in [0.2, 0.25) is 0 Å². The zero-order chi connectivity index (χ0) is 24.9. The summed E-state index contributed by atoms with van der Waals surface area (Å²) < 4.78 is 29.6. The molecule has 7 nitrogen and oxygen atoms in total. The quantitative estimate of drug-likeness (QED) is 0.399. The van der Waals surface area contributed by atoms with Gasteiger partial charge in [-0.15, -0.1) is 0 Å². The van der Waals surface area contributed by atoms with Gasteiger partial charge in [-0.2, -0.15) is 0 Å². The minimum absolute atomic E-state index is 0.184. The number of fused-ring (bicyclic) bond motifs is 2. The molecule has 2 aliphatic carbocycles. The zero-order valence-corrected chi connectivity index (χ0v) is 20.5. The van der Waals surface area contributed by atoms with Gasteiger partial charge in [-0.25, -0.2) is 0 Å². The number of hydrogen-bond donors (Lipinski definition) is 1. The number of carbonyl (C=O) groups is 1. The Kier molecular flexibility index (Phi) is 8.14. The molecule has 8 atom stereocenters. The van der Waals surface area contributed by atoms with Crippen LogP contribution in [0.4, 0.5) is 0 Å². The summed E-state index contributed by atoms with van der Waals surface area (Å²) >= 11 is 0. The lowest BCUT2D eigenvalue weighted by Crippen LogP contribution is -2.61. The van der Waals surface area contributed by atoms with Crippen LogP contribution in [-0.4, -0.2) is 55.5 Å². The number of ether oxygens (including phenoxy) is 5. The van der Waals surface area contributed by atoms with Crippen molar-refractivity contribution in [3.05, 3.63) is 83.9 Å². The van der Waals surface area contributed by atoms with Gasteiger partial charge in [0.1, 0.15) is 18.3 Å². The highest BCUT2D eigenvalue weighted by Crippen LogP contribution is 2.44. The number of aliphatic hydroxyl groups is 1. The van der Waals surface area contributed by atoms with Crippen LogP contribution in [-0.2, 0) is 41.7 Å². The third-order valence-corrected chi connectivity index (χ3v) is 7.36. The second-order valence-electron chi connectivity index (χ2n) is 9.82. The highest BCUT2D eigenvalue weighted by Gasteiger charge is 2.50. The summed E-state index contributed by atoms with van der Waals surface area (Å²) in [6.07, 6.45) is 1.59. The SMILES string of the molecule is CO[C@H]1O[C@H](COCc2ccccc2)[C@@H](OCc2ccccc2)[C@H](O)[C@H]1OC(=O)[C@H]1C[C@H]2C=C[C@@H]1C2. The third kappa shape index (κ3) is 5.71. The summed E-state index contributed by atoms with van der Waals surface area (Å²) in [5.41, 5.74) is 2.00. The molecule has 0 unspecified atom stereocenters. The van der Waals surface area contributed by atoms with Crippen molar-refractivity contribution in [3.8, 4) is 0 Å². The Bertz CT molecular complexity index is 1010. The first-order valence-electron chi connectivity index (χ1n) is 12.6. The maximum Gasteiger partial charge on any atom is 0.310 e. The number of aliphatic hydroxyl groups excluding tert-OH is 1. The summed E-state index contributed by atoms with van der Waals surface area (Å²) in [7, 11) is 1.48. The molecule has 7 heteroatoms. The molecular formula is C29H34O7. The molecule has 5 rings (SSSR count). The van der Waals surface area contributed by atoms with Gasteiger partial charge in [0.25, 0.3) is 0 Å². The van der Waals surface area contributed by atoms with Crippen LogP contribution in [0.5, 0.6) is 0 Å². The number of hydrogen-bond acceptors (Lipinski definition) is 7. The van der Waals surface area contributed by atoms with E-state index in [1.165, 1.54) is 7.11 Å². The van der Waals surface area contributed by atoms with Crippen LogP contribution >= 0.6 is 0 Å². The Hall–Kier alpha value is -2.55. The van der Waals surface area contributed by atoms with Crippen LogP contribution < -0.4 is 0 Å². The van der Waals surface area contributed by atoms with E-state index in [2.05, 4.69) is 12.2 Å². The second kappa shape index (κ2) is 11.7. The maximum atomic E-state index is 13.1. The number of benzene rings is 2. The molecule has 2 bridgehead atoms. The highest BCUT2D eigenvalue weighted by molar-refractivity contribution is 5.74. The summed E-state index contributed by atoms with van der Waals surface area (Å²) in [6.45, 7) is 0.857. The van der Waals surface area contributed by atoms with Crippen LogP contribution in [0, 0.1) is 17.8 Å². The zero-order valence-electron chi connectivity index (χ0n) is 20.5. The van der Waals surface area contributed by atoms with E-state index in [0.29, 0.717) is 12.5 Å². The number of methoxy groups -OCH3 is 1. The lowest BCUT2D eigenvalue weighted by Gasteiger charge is -2.43. The van der Waals surface area contributed by atoms with E-state index in [0.717, 1.165) is 24.0 Å². The molecule has 2 aromatic carbocycles. The molecule has 1 saturated carbocycles. The van der Waals surface area contributed by atoms with Crippen molar-refractivity contribution in [2.24, 2.45) is 17.8 Å². The van der Waals surface area contributed by atoms with E-state index in [-0.39, 0.29) is 31.0 Å². The molecule has 1 saturated heterocycles. The van der Waals surface area contributed by atoms with E-state index in [9.17, 15) is 9.90 Å². The van der Waals surface area contributed by atoms with Crippen molar-refractivity contribution in [3.63, 3.8) is 0 Å². The Balaban J connectivity index is 1.27. The van der Waals surface area contributed by atoms with Gasteiger partial charge in [0.15, 0.2) is 12.4 Å². The molecule has 1 aliphatic heterocycles. The van der Waals surface area contributed by atoms with E-state index in [1.54, 1.807) is 0 Å². The minimum atomic E-state index is -1.14. The van der Waals surface area contributed by atoms with E-state index >= 15 is 0 Å². The van der Waals surface area contributed by atoms with Crippen molar-refractivity contribution in [1.29, 1.82) is 0 Å². The predicted octanol–water partition coefficient (Wildman–Crippen LogP) is 3.64. The van der Waals surface area contributed by atoms with Crippen molar-refractivity contribution in [2.45, 2.75) is 56.8 Å². The molecule has 2 fully saturated rings. The molecule has 0 spiro atoms. The average Bonchev–Trinajstić information content (AvgIpc) is 3.55. The van der Waals surface area contributed by atoms with Crippen molar-refractivity contribution in [2.75, 3.05) is 13.7 Å². The number of esters is 1. The van der Waals surface area contributed by atoms with Crippen LogP contribution in [0.3, 0.4) is 0 Å². The van der Waals surface area contributed by atoms with Gasteiger partial charge in [-0.1, -0.05) is 72.8 Å². The molecule has 1 heterocycles. The van der Waals surface area contributed by atoms with Gasteiger partial charge in [0.2, 0.25) is 0 Å². The Morgan fingerprint density at radius 3 is 2.25 bits per heavy atom. The largest absolute Gasteiger partial charge is 0.454 e. The van der Waals surface area contributed by atoms with Gasteiger partial charge in [-0.05, 0) is 35.8 Å². The van der Waals surface area contributed by atoms with Crippen molar-refractivity contribution in [1.82, 2.24) is 0 Å². The van der Waals surface area contributed by atoms with Gasteiger partial charge in [-0.3, -0.25) is 4.79 Å². The fraction of sp³-hybridized carbons (Fsp3) is 0.483. The Morgan fingerprint density at radius 2 is 1.64 bits per heavy atom. The molecule has 0 aromatic heterocycles. The lowest BCUT2D eigenvalue weighted by molar-refractivity contribution is -0.308. The van der Waals surface area contributed by atoms with Crippen LogP contribution in [0.1, 0.15) is 24.0 Å². The second-order valence-corrected chi connectivity index (χ2v) is 9.82. The van der Waals surface area contributed by atoms with Gasteiger partial charge in [0, 0.05) is 7.11 Å². The molecule has 0 radical (unpaired) electrons. The lowest BCUT2D eigenvalue weighted by atomic mass is 9.93. The topological polar surface area (TPSA) is 83.5 Å². The summed E-state index contributed by atoms with van der Waals surface area (Å²) in [5, 5.41) is 11.4. The first kappa shape index (κ1) is 25.1. The smallest absolute Gasteiger partial charge is 0.310 e. The third-order valence-electron chi connectivity index (χ3n) is 7.36. The van der Waals surface area contributed by atoms with E-state index in [1.807, 2.05) is 60.7 Å². The Morgan fingerprint density at radius 1 is 0.944 bits per heavy atom. The maximum absolute atomic E-state index is 13.1. The molecular weight excluding hydrogens is 460 g/mol. The number of rotatable bonds is 10. The van der Waals surface area contributed by atoms with Gasteiger partial charge in [0.05, 0.1) is 25.7 Å². The summed E-state index contributed by atoms with van der Waals surface area (Å²) in [5.74, 6) is 0.128. The molecule has 1 N–H and O–H groups in total. The molecule has 3 aliphatic rings. The predicted molar refractivity (Wildman–Crippen MR) is 132 cm³/mol. The summed E-state index contributed by atoms with van der Waals surface area (Å²) in [4.78, 5) is 13.1. The number of allylic oxidation sites excluding steroid dienone is 2. The fourth-order valence-corrected chi connectivity index (χ4v) is 5.46. The molecule has 2 aromatic rings. The average molecular weight is 495 g/mol. The van der Waals surface area contributed by atoms with Gasteiger partial charge < -0.3 is 28.8 Å². The van der Waals surface area contributed by atoms with Crippen molar-refractivity contribution >= 4 is 5.97 Å². The Labute approximate surface area is 212 Å². The standard InChI is InChI=1S/C29H34O7/c1-32-29-27(36-28(31)23-15-21-12-13-22(23)14-21)25(30)26(34-17-20-10-6-3-7-11-20)24(35-29)18-33-16-19-8-4-2-5-9-19/h2-13,21-27,29-30H,14-18H2,1H3/t21-,22+,23-,24+,25-,26+,27+,29-/m0/s1. The minimum Gasteiger partial charge on any atom is -0.454 e. The van der Waals surface area contributed by atoms with Crippen molar-refractivity contribution < 1.29 is 33.6 Å². The normalized spacial score (nSPS) is 33.1. The van der Waals surface area contributed by atoms with Gasteiger partial charge >= 0.3 is 5.97 Å². The van der Waals surface area contributed by atoms with E-state index in [4.69, 9.17) is 23.7 Å². The molecule has 36 heavy (non-hydrogen) atoms. The first-order valence-corrected chi connectivity index (χ1v) is 12.6. The molecule has 0 amide bonds. The van der Waals surface area contributed by atoms with Crippen LogP contribution in [0.25, 0.3) is 0 Å².